The quantitative estimate of drug-likeness (QED) is 0.450. The van der Waals surface area contributed by atoms with E-state index in [-0.39, 0.29) is 50.1 Å². The Balaban J connectivity index is 1.86. The summed E-state index contributed by atoms with van der Waals surface area (Å²) in [4.78, 5) is 28.4. The maximum absolute atomic E-state index is 15.0. The van der Waals surface area contributed by atoms with Gasteiger partial charge in [-0.15, -0.1) is 0 Å². The highest BCUT2D eigenvalue weighted by Crippen LogP contribution is 2.37. The summed E-state index contributed by atoms with van der Waals surface area (Å²) in [6.07, 6.45) is 0.238. The van der Waals surface area contributed by atoms with Gasteiger partial charge in [0.2, 0.25) is 11.8 Å². The topological polar surface area (TPSA) is 89.1 Å². The molecule has 4 rings (SSSR count). The van der Waals surface area contributed by atoms with Crippen molar-refractivity contribution in [3.63, 3.8) is 0 Å². The summed E-state index contributed by atoms with van der Waals surface area (Å²) in [6.45, 7) is 2.29. The van der Waals surface area contributed by atoms with Gasteiger partial charge in [0.1, 0.15) is 18.4 Å². The molecule has 202 valence electrons. The van der Waals surface area contributed by atoms with Gasteiger partial charge in [-0.25, -0.2) is 4.39 Å². The zero-order valence-corrected chi connectivity index (χ0v) is 23.1. The van der Waals surface area contributed by atoms with E-state index in [1.54, 1.807) is 27.1 Å². The molecule has 2 amide bonds. The summed E-state index contributed by atoms with van der Waals surface area (Å²) in [7, 11) is 3.23. The molecule has 10 heteroatoms. The van der Waals surface area contributed by atoms with E-state index in [0.29, 0.717) is 5.75 Å². The number of amides is 2. The largest absolute Gasteiger partial charge is 0.496 e. The van der Waals surface area contributed by atoms with Crippen molar-refractivity contribution in [3.05, 3.63) is 64.4 Å². The predicted molar refractivity (Wildman–Crippen MR) is 147 cm³/mol. The Morgan fingerprint density at radius 3 is 2.79 bits per heavy atom. The molecule has 3 aromatic rings. The normalized spacial score (nSPS) is 17.2. The third-order valence-corrected chi connectivity index (χ3v) is 7.05. The number of rotatable bonds is 6. The third-order valence-electron chi connectivity index (χ3n) is 6.56. The number of nitrogens with zero attached hydrogens (tertiary/aromatic N) is 1. The molecule has 2 N–H and O–H groups in total. The monoisotopic (exact) mass is 587 g/mol. The fourth-order valence-electron chi connectivity index (χ4n) is 4.37. The van der Waals surface area contributed by atoms with Crippen molar-refractivity contribution < 1.29 is 28.2 Å². The van der Waals surface area contributed by atoms with Gasteiger partial charge in [-0.05, 0) is 61.5 Å². The number of fused-ring (bicyclic) bond motifs is 2. The molecule has 0 aromatic heterocycles. The first kappa shape index (κ1) is 27.8. The number of hydrogen-bond donors (Lipinski definition) is 2. The molecule has 0 spiro atoms. The maximum atomic E-state index is 15.0. The van der Waals surface area contributed by atoms with Gasteiger partial charge in [0.15, 0.2) is 11.6 Å². The molecule has 0 saturated heterocycles. The molecule has 0 fully saturated rings. The molecular weight excluding hydrogens is 557 g/mol. The van der Waals surface area contributed by atoms with E-state index in [1.165, 1.54) is 17.0 Å². The van der Waals surface area contributed by atoms with Crippen LogP contribution in [0, 0.1) is 5.82 Å². The van der Waals surface area contributed by atoms with E-state index in [0.717, 1.165) is 20.8 Å². The fraction of sp³-hybridized carbons (Fsp3) is 0.357. The zero-order valence-electron chi connectivity index (χ0n) is 21.6. The van der Waals surface area contributed by atoms with Crippen LogP contribution in [-0.4, -0.2) is 57.9 Å². The molecule has 0 saturated carbocycles. The average molecular weight is 588 g/mol. The highest BCUT2D eigenvalue weighted by atomic mass is 79.9. The second-order valence-electron chi connectivity index (χ2n) is 8.95. The minimum Gasteiger partial charge on any atom is -0.496 e. The molecule has 0 aliphatic carbocycles. The van der Waals surface area contributed by atoms with E-state index in [2.05, 4.69) is 26.6 Å². The molecular formula is C28H31BrFN3O5. The molecule has 2 unspecified atom stereocenters. The summed E-state index contributed by atoms with van der Waals surface area (Å²) < 4.78 is 33.0. The van der Waals surface area contributed by atoms with Crippen molar-refractivity contribution in [2.24, 2.45) is 0 Å². The van der Waals surface area contributed by atoms with Crippen LogP contribution in [0.2, 0.25) is 0 Å². The molecule has 2 atom stereocenters. The Bertz CT molecular complexity index is 1320. The molecule has 8 nitrogen and oxygen atoms in total. The lowest BCUT2D eigenvalue weighted by atomic mass is 10.0. The first-order chi connectivity index (χ1) is 18.3. The summed E-state index contributed by atoms with van der Waals surface area (Å²) in [6, 6.07) is 12.6. The van der Waals surface area contributed by atoms with Gasteiger partial charge in [-0.3, -0.25) is 9.59 Å². The number of nitrogens with one attached hydrogen (secondary N) is 2. The first-order valence-electron chi connectivity index (χ1n) is 12.4. The number of carbonyl (C=O) groups is 2. The van der Waals surface area contributed by atoms with Crippen LogP contribution in [0.25, 0.3) is 10.8 Å². The van der Waals surface area contributed by atoms with E-state index in [9.17, 15) is 9.59 Å². The van der Waals surface area contributed by atoms with Crippen LogP contribution in [0.15, 0.2) is 53.0 Å². The summed E-state index contributed by atoms with van der Waals surface area (Å²) >= 11 is 3.51. The number of halogens is 2. The lowest BCUT2D eigenvalue weighted by Gasteiger charge is -2.30. The van der Waals surface area contributed by atoms with Gasteiger partial charge in [-0.2, -0.15) is 0 Å². The number of likely N-dealkylation sites (N-methyl/N-ethyl adjacent to an activating group) is 1. The Labute approximate surface area is 229 Å². The Kier molecular flexibility index (Phi) is 9.19. The number of methoxy groups -OCH3 is 1. The first-order valence-corrected chi connectivity index (χ1v) is 13.2. The number of ether oxygens (including phenoxy) is 3. The Morgan fingerprint density at radius 2 is 2.03 bits per heavy atom. The SMILES string of the molecule is CNC(C)C(=O)NC1CCOCCOc2c(F)cccc2N(Cc2c(OC)ccc3cc(Br)ccc23)C1=O. The molecule has 0 bridgehead atoms. The van der Waals surface area contributed by atoms with Crippen molar-refractivity contribution in [2.75, 3.05) is 38.9 Å². The minimum atomic E-state index is -0.914. The third kappa shape index (κ3) is 6.09. The number of para-hydroxylation sites is 1. The van der Waals surface area contributed by atoms with Crippen molar-refractivity contribution >= 4 is 44.2 Å². The van der Waals surface area contributed by atoms with Gasteiger partial charge in [0, 0.05) is 16.6 Å². The van der Waals surface area contributed by atoms with E-state index < -0.39 is 23.8 Å². The fourth-order valence-corrected chi connectivity index (χ4v) is 4.75. The summed E-state index contributed by atoms with van der Waals surface area (Å²) in [5, 5.41) is 7.55. The maximum Gasteiger partial charge on any atom is 0.250 e. The highest BCUT2D eigenvalue weighted by Gasteiger charge is 2.32. The summed E-state index contributed by atoms with van der Waals surface area (Å²) in [5.41, 5.74) is 0.995. The second kappa shape index (κ2) is 12.6. The molecule has 1 heterocycles. The van der Waals surface area contributed by atoms with Crippen LogP contribution in [0.5, 0.6) is 11.5 Å². The van der Waals surface area contributed by atoms with Crippen molar-refractivity contribution in [3.8, 4) is 11.5 Å². The predicted octanol–water partition coefficient (Wildman–Crippen LogP) is 4.18. The van der Waals surface area contributed by atoms with Gasteiger partial charge in [-0.1, -0.05) is 34.1 Å². The molecule has 3 aromatic carbocycles. The number of anilines is 1. The van der Waals surface area contributed by atoms with Crippen molar-refractivity contribution in [1.29, 1.82) is 0 Å². The van der Waals surface area contributed by atoms with E-state index in [1.807, 2.05) is 30.3 Å². The van der Waals surface area contributed by atoms with Crippen molar-refractivity contribution in [1.82, 2.24) is 10.6 Å². The van der Waals surface area contributed by atoms with Gasteiger partial charge < -0.3 is 29.7 Å². The minimum absolute atomic E-state index is 0.0512. The highest BCUT2D eigenvalue weighted by molar-refractivity contribution is 9.10. The van der Waals surface area contributed by atoms with Crippen molar-refractivity contribution in [2.45, 2.75) is 32.0 Å². The standard InChI is InChI=1S/C28H31BrFN3O5/c1-17(31-2)27(34)32-23-11-12-37-13-14-38-26-22(30)5-4-6-24(26)33(28(23)35)16-21-20-9-8-19(29)15-18(20)7-10-25(21)36-3/h4-10,15,17,23,31H,11-14,16H2,1-3H3,(H,32,34). The zero-order chi connectivity index (χ0) is 27.2. The van der Waals surface area contributed by atoms with Gasteiger partial charge >= 0.3 is 0 Å². The van der Waals surface area contributed by atoms with Gasteiger partial charge in [0.25, 0.3) is 0 Å². The Hall–Kier alpha value is -3.21. The second-order valence-corrected chi connectivity index (χ2v) is 9.86. The van der Waals surface area contributed by atoms with Crippen LogP contribution >= 0.6 is 15.9 Å². The molecule has 1 aliphatic rings. The van der Waals surface area contributed by atoms with E-state index >= 15 is 4.39 Å². The van der Waals surface area contributed by atoms with Crippen LogP contribution in [0.3, 0.4) is 0 Å². The van der Waals surface area contributed by atoms with Crippen LogP contribution in [-0.2, 0) is 20.9 Å². The smallest absolute Gasteiger partial charge is 0.250 e. The molecule has 38 heavy (non-hydrogen) atoms. The number of carbonyl (C=O) groups excluding carboxylic acids is 2. The van der Waals surface area contributed by atoms with Gasteiger partial charge in [0.05, 0.1) is 32.0 Å². The molecule has 1 aliphatic heterocycles. The van der Waals surface area contributed by atoms with Crippen LogP contribution in [0.4, 0.5) is 10.1 Å². The van der Waals surface area contributed by atoms with Crippen LogP contribution < -0.4 is 25.0 Å². The Morgan fingerprint density at radius 1 is 1.21 bits per heavy atom. The average Bonchev–Trinajstić information content (AvgIpc) is 2.94. The summed E-state index contributed by atoms with van der Waals surface area (Å²) in [5.74, 6) is -0.823. The van der Waals surface area contributed by atoms with Crippen LogP contribution in [0.1, 0.15) is 18.9 Å². The lowest BCUT2D eigenvalue weighted by molar-refractivity contribution is -0.129. The lowest BCUT2D eigenvalue weighted by Crippen LogP contribution is -2.53. The number of hydrogen-bond acceptors (Lipinski definition) is 6. The number of benzene rings is 3. The van der Waals surface area contributed by atoms with E-state index in [4.69, 9.17) is 14.2 Å². The molecule has 0 radical (unpaired) electrons.